The van der Waals surface area contributed by atoms with Gasteiger partial charge >= 0.3 is 12.1 Å². The highest BCUT2D eigenvalue weighted by Crippen LogP contribution is 2.17. The first-order chi connectivity index (χ1) is 12.6. The van der Waals surface area contributed by atoms with Crippen molar-refractivity contribution in [1.29, 1.82) is 0 Å². The van der Waals surface area contributed by atoms with Gasteiger partial charge in [0.1, 0.15) is 12.6 Å². The number of hydrogen-bond acceptors (Lipinski definition) is 4. The molecular weight excluding hydrogens is 332 g/mol. The van der Waals surface area contributed by atoms with E-state index in [0.29, 0.717) is 0 Å². The molecule has 0 saturated heterocycles. The van der Waals surface area contributed by atoms with Crippen molar-refractivity contribution in [3.05, 3.63) is 78.0 Å². The van der Waals surface area contributed by atoms with Crippen molar-refractivity contribution in [1.82, 2.24) is 10.3 Å². The minimum atomic E-state index is -1.13. The smallest absolute Gasteiger partial charge is 0.408 e. The lowest BCUT2D eigenvalue weighted by Crippen LogP contribution is -2.42. The molecule has 1 atom stereocenters. The van der Waals surface area contributed by atoms with Crippen LogP contribution >= 0.6 is 0 Å². The Hall–Kier alpha value is -3.41. The van der Waals surface area contributed by atoms with Crippen LogP contribution in [0.1, 0.15) is 11.1 Å². The predicted molar refractivity (Wildman–Crippen MR) is 96.6 cm³/mol. The molecule has 6 nitrogen and oxygen atoms in total. The second-order valence-electron chi connectivity index (χ2n) is 5.79. The maximum absolute atomic E-state index is 12.0. The van der Waals surface area contributed by atoms with E-state index in [2.05, 4.69) is 10.3 Å². The molecule has 0 aliphatic rings. The highest BCUT2D eigenvalue weighted by molar-refractivity contribution is 5.84. The van der Waals surface area contributed by atoms with Gasteiger partial charge in [-0.1, -0.05) is 54.6 Å². The molecule has 0 unspecified atom stereocenters. The number of amides is 1. The van der Waals surface area contributed by atoms with Crippen LogP contribution in [0.4, 0.5) is 4.79 Å². The number of ether oxygens (including phenoxy) is 1. The van der Waals surface area contributed by atoms with E-state index in [-0.39, 0.29) is 13.0 Å². The zero-order valence-electron chi connectivity index (χ0n) is 14.0. The van der Waals surface area contributed by atoms with Gasteiger partial charge in [0.25, 0.3) is 0 Å². The number of carbonyl (C=O) groups is 2. The summed E-state index contributed by atoms with van der Waals surface area (Å²) in [5.74, 6) is -1.13. The van der Waals surface area contributed by atoms with E-state index in [1.807, 2.05) is 60.7 Å². The van der Waals surface area contributed by atoms with E-state index in [0.717, 1.165) is 22.0 Å². The fourth-order valence-electron chi connectivity index (χ4n) is 2.66. The van der Waals surface area contributed by atoms with Gasteiger partial charge in [-0.25, -0.2) is 9.59 Å². The summed E-state index contributed by atoms with van der Waals surface area (Å²) in [6.45, 7) is 0.0782. The van der Waals surface area contributed by atoms with Crippen molar-refractivity contribution in [2.24, 2.45) is 0 Å². The first kappa shape index (κ1) is 17.4. The summed E-state index contributed by atoms with van der Waals surface area (Å²) in [6.07, 6.45) is 1.00. The molecule has 0 radical (unpaired) electrons. The van der Waals surface area contributed by atoms with Crippen LogP contribution in [0, 0.1) is 0 Å². The van der Waals surface area contributed by atoms with Gasteiger partial charge in [0.2, 0.25) is 0 Å². The quantitative estimate of drug-likeness (QED) is 0.713. The maximum atomic E-state index is 12.0. The molecule has 1 heterocycles. The van der Waals surface area contributed by atoms with Crippen LogP contribution in [0.15, 0.2) is 66.9 Å². The van der Waals surface area contributed by atoms with E-state index >= 15 is 0 Å². The number of hydrogen-bond donors (Lipinski definition) is 2. The van der Waals surface area contributed by atoms with Crippen LogP contribution in [0.25, 0.3) is 10.9 Å². The van der Waals surface area contributed by atoms with Gasteiger partial charge in [0.05, 0.1) is 5.52 Å². The number of aromatic nitrogens is 1. The van der Waals surface area contributed by atoms with Crippen LogP contribution < -0.4 is 5.32 Å². The summed E-state index contributed by atoms with van der Waals surface area (Å²) in [5.41, 5.74) is 2.30. The summed E-state index contributed by atoms with van der Waals surface area (Å²) < 4.78 is 5.10. The lowest BCUT2D eigenvalue weighted by Gasteiger charge is -2.15. The lowest BCUT2D eigenvalue weighted by atomic mass is 10.0. The highest BCUT2D eigenvalue weighted by Gasteiger charge is 2.22. The summed E-state index contributed by atoms with van der Waals surface area (Å²) in [7, 11) is 0. The molecule has 2 aromatic carbocycles. The van der Waals surface area contributed by atoms with E-state index in [1.54, 1.807) is 6.20 Å². The zero-order chi connectivity index (χ0) is 18.4. The van der Waals surface area contributed by atoms with Gasteiger partial charge in [-0.2, -0.15) is 0 Å². The Morgan fingerprint density at radius 2 is 1.81 bits per heavy atom. The van der Waals surface area contributed by atoms with Gasteiger partial charge < -0.3 is 15.2 Å². The second kappa shape index (κ2) is 8.11. The number of fused-ring (bicyclic) bond motifs is 1. The number of aliphatic carboxylic acids is 1. The van der Waals surface area contributed by atoms with Crippen LogP contribution in [0.2, 0.25) is 0 Å². The van der Waals surface area contributed by atoms with Gasteiger partial charge in [-0.3, -0.25) is 4.98 Å². The van der Waals surface area contributed by atoms with Gasteiger partial charge in [-0.15, -0.1) is 0 Å². The average molecular weight is 350 g/mol. The van der Waals surface area contributed by atoms with E-state index in [4.69, 9.17) is 4.74 Å². The topological polar surface area (TPSA) is 88.5 Å². The molecule has 26 heavy (non-hydrogen) atoms. The fourth-order valence-corrected chi connectivity index (χ4v) is 2.66. The third kappa shape index (κ3) is 4.36. The van der Waals surface area contributed by atoms with E-state index in [9.17, 15) is 14.7 Å². The molecule has 3 aromatic rings. The molecule has 0 saturated carbocycles. The van der Waals surface area contributed by atoms with Gasteiger partial charge in [0, 0.05) is 18.0 Å². The van der Waals surface area contributed by atoms with Crippen LogP contribution in [0.5, 0.6) is 0 Å². The Morgan fingerprint density at radius 3 is 2.58 bits per heavy atom. The molecule has 2 N–H and O–H groups in total. The van der Waals surface area contributed by atoms with Crippen molar-refractivity contribution in [2.45, 2.75) is 19.1 Å². The number of para-hydroxylation sites is 1. The molecule has 0 aliphatic carbocycles. The Morgan fingerprint density at radius 1 is 1.04 bits per heavy atom. The van der Waals surface area contributed by atoms with Crippen molar-refractivity contribution < 1.29 is 19.4 Å². The van der Waals surface area contributed by atoms with Crippen LogP contribution in [0.3, 0.4) is 0 Å². The van der Waals surface area contributed by atoms with Crippen molar-refractivity contribution in [2.75, 3.05) is 0 Å². The number of carboxylic acids is 1. The first-order valence-corrected chi connectivity index (χ1v) is 8.16. The lowest BCUT2D eigenvalue weighted by molar-refractivity contribution is -0.139. The Balaban J connectivity index is 1.67. The van der Waals surface area contributed by atoms with Crippen LogP contribution in [-0.2, 0) is 22.6 Å². The third-order valence-corrected chi connectivity index (χ3v) is 3.94. The standard InChI is InChI=1S/C20H18N2O4/c23-19(24)17(22-20(25)26-13-14-6-2-1-3-7-14)12-16-9-4-8-15-10-5-11-21-18(15)16/h1-11,17H,12-13H2,(H,22,25)(H,23,24)/t17-/m1/s1. The monoisotopic (exact) mass is 350 g/mol. The first-order valence-electron chi connectivity index (χ1n) is 8.16. The number of carbonyl (C=O) groups excluding carboxylic acids is 1. The zero-order valence-corrected chi connectivity index (χ0v) is 14.0. The van der Waals surface area contributed by atoms with Crippen molar-refractivity contribution in [3.63, 3.8) is 0 Å². The molecule has 0 fully saturated rings. The average Bonchev–Trinajstić information content (AvgIpc) is 2.67. The molecule has 0 spiro atoms. The van der Waals surface area contributed by atoms with E-state index < -0.39 is 18.1 Å². The Kier molecular flexibility index (Phi) is 5.43. The van der Waals surface area contributed by atoms with E-state index in [1.165, 1.54) is 0 Å². The van der Waals surface area contributed by atoms with Crippen molar-refractivity contribution >= 4 is 23.0 Å². The minimum absolute atomic E-state index is 0.0782. The molecule has 6 heteroatoms. The number of benzene rings is 2. The highest BCUT2D eigenvalue weighted by atomic mass is 16.5. The molecule has 3 rings (SSSR count). The minimum Gasteiger partial charge on any atom is -0.480 e. The Labute approximate surface area is 150 Å². The van der Waals surface area contributed by atoms with Gasteiger partial charge in [-0.05, 0) is 17.2 Å². The predicted octanol–water partition coefficient (Wildman–Crippen LogP) is 3.16. The number of nitrogens with one attached hydrogen (secondary N) is 1. The largest absolute Gasteiger partial charge is 0.480 e. The van der Waals surface area contributed by atoms with Crippen LogP contribution in [-0.4, -0.2) is 28.2 Å². The summed E-state index contributed by atoms with van der Waals surface area (Å²) >= 11 is 0. The number of carboxylic acid groups (broad SMARTS) is 1. The number of alkyl carbamates (subject to hydrolysis) is 1. The molecular formula is C20H18N2O4. The normalized spacial score (nSPS) is 11.7. The summed E-state index contributed by atoms with van der Waals surface area (Å²) in [6, 6.07) is 17.4. The fraction of sp³-hybridized carbons (Fsp3) is 0.150. The number of pyridine rings is 1. The van der Waals surface area contributed by atoms with Crippen molar-refractivity contribution in [3.8, 4) is 0 Å². The molecule has 1 aromatic heterocycles. The summed E-state index contributed by atoms with van der Waals surface area (Å²) in [4.78, 5) is 27.8. The second-order valence-corrected chi connectivity index (χ2v) is 5.79. The molecule has 132 valence electrons. The molecule has 1 amide bonds. The maximum Gasteiger partial charge on any atom is 0.408 e. The molecule has 0 aliphatic heterocycles. The SMILES string of the molecule is O=C(N[C@H](Cc1cccc2cccnc12)C(=O)O)OCc1ccccc1. The number of rotatable bonds is 6. The third-order valence-electron chi connectivity index (χ3n) is 3.94. The Bertz CT molecular complexity index is 907. The number of nitrogens with zero attached hydrogens (tertiary/aromatic N) is 1. The molecule has 0 bridgehead atoms. The van der Waals surface area contributed by atoms with Gasteiger partial charge in [0.15, 0.2) is 0 Å². The summed E-state index contributed by atoms with van der Waals surface area (Å²) in [5, 5.41) is 12.8.